The van der Waals surface area contributed by atoms with Crippen LogP contribution < -0.4 is 14.8 Å². The quantitative estimate of drug-likeness (QED) is 0.180. The lowest BCUT2D eigenvalue weighted by molar-refractivity contribution is -0.145. The van der Waals surface area contributed by atoms with E-state index in [1.165, 1.54) is 0 Å². The highest BCUT2D eigenvalue weighted by molar-refractivity contribution is 6.30. The highest BCUT2D eigenvalue weighted by Crippen LogP contribution is 2.31. The van der Waals surface area contributed by atoms with Crippen molar-refractivity contribution < 1.29 is 29.6 Å². The van der Waals surface area contributed by atoms with Gasteiger partial charge in [-0.05, 0) is 66.4 Å². The molecule has 4 N–H and O–H groups in total. The third-order valence-electron chi connectivity index (χ3n) is 6.29. The molecule has 39 heavy (non-hydrogen) atoms. The Labute approximate surface area is 231 Å². The zero-order chi connectivity index (χ0) is 27.8. The fourth-order valence-electron chi connectivity index (χ4n) is 4.15. The van der Waals surface area contributed by atoms with Crippen molar-refractivity contribution in [1.29, 1.82) is 0 Å². The van der Waals surface area contributed by atoms with Gasteiger partial charge in [0.2, 0.25) is 0 Å². The molecule has 0 radical (unpaired) electrons. The molecular formula is C30H31ClN2O6. The van der Waals surface area contributed by atoms with E-state index in [1.807, 2.05) is 30.3 Å². The van der Waals surface area contributed by atoms with Gasteiger partial charge < -0.3 is 30.1 Å². The molecule has 1 heterocycles. The standard InChI is InChI=1S/C30H31ClN2O6/c1-2-28(30(36)37)39-24-10-11-25-26(16-24)32-13-12-29(25)38-23-8-6-19(7-9-23)14-22(18-34)33-17-27(35)20-4-3-5-21(31)15-20/h3-13,15-16,22,27-28,33-35H,2,14,17-18H2,1H3,(H,36,37)/t22-,27+,28?/m0/s1. The lowest BCUT2D eigenvalue weighted by Gasteiger charge is -2.19. The maximum atomic E-state index is 11.3. The van der Waals surface area contributed by atoms with Gasteiger partial charge in [-0.2, -0.15) is 0 Å². The Morgan fingerprint density at radius 2 is 1.82 bits per heavy atom. The van der Waals surface area contributed by atoms with E-state index in [0.29, 0.717) is 46.2 Å². The van der Waals surface area contributed by atoms with E-state index in [9.17, 15) is 20.1 Å². The normalized spacial score (nSPS) is 13.5. The van der Waals surface area contributed by atoms with Crippen LogP contribution in [0.4, 0.5) is 0 Å². The topological polar surface area (TPSA) is 121 Å². The second-order valence-electron chi connectivity index (χ2n) is 9.15. The number of halogens is 1. The Hall–Kier alpha value is -3.69. The van der Waals surface area contributed by atoms with Crippen molar-refractivity contribution >= 4 is 28.5 Å². The summed E-state index contributed by atoms with van der Waals surface area (Å²) in [4.78, 5) is 15.7. The van der Waals surface area contributed by atoms with Crippen molar-refractivity contribution in [2.45, 2.75) is 38.0 Å². The summed E-state index contributed by atoms with van der Waals surface area (Å²) in [5.74, 6) is 0.656. The van der Waals surface area contributed by atoms with Crippen LogP contribution in [-0.4, -0.2) is 51.6 Å². The summed E-state index contributed by atoms with van der Waals surface area (Å²) in [5, 5.41) is 34.1. The van der Waals surface area contributed by atoms with E-state index in [2.05, 4.69) is 10.3 Å². The fourth-order valence-corrected chi connectivity index (χ4v) is 4.35. The van der Waals surface area contributed by atoms with Gasteiger partial charge in [0.1, 0.15) is 17.2 Å². The first-order valence-corrected chi connectivity index (χ1v) is 13.1. The number of rotatable bonds is 13. The number of aliphatic hydroxyl groups excluding tert-OH is 2. The van der Waals surface area contributed by atoms with Crippen LogP contribution in [0.3, 0.4) is 0 Å². The lowest BCUT2D eigenvalue weighted by Crippen LogP contribution is -2.37. The molecule has 1 unspecified atom stereocenters. The average Bonchev–Trinajstić information content (AvgIpc) is 2.94. The van der Waals surface area contributed by atoms with E-state index in [1.54, 1.807) is 55.6 Å². The average molecular weight is 551 g/mol. The van der Waals surface area contributed by atoms with E-state index in [0.717, 1.165) is 10.9 Å². The van der Waals surface area contributed by atoms with Crippen LogP contribution in [0.5, 0.6) is 17.2 Å². The molecule has 1 aromatic heterocycles. The molecule has 0 fully saturated rings. The smallest absolute Gasteiger partial charge is 0.344 e. The Bertz CT molecular complexity index is 1400. The summed E-state index contributed by atoms with van der Waals surface area (Å²) in [6, 6.07) is 21.4. The molecule has 0 aliphatic rings. The molecule has 0 saturated heterocycles. The predicted molar refractivity (Wildman–Crippen MR) is 150 cm³/mol. The Morgan fingerprint density at radius 3 is 2.51 bits per heavy atom. The van der Waals surface area contributed by atoms with Gasteiger partial charge >= 0.3 is 5.97 Å². The number of nitrogens with one attached hydrogen (secondary N) is 1. The summed E-state index contributed by atoms with van der Waals surface area (Å²) in [7, 11) is 0. The first kappa shape index (κ1) is 28.3. The van der Waals surface area contributed by atoms with Gasteiger partial charge in [0, 0.05) is 35.3 Å². The Morgan fingerprint density at radius 1 is 1.05 bits per heavy atom. The molecule has 0 amide bonds. The number of hydrogen-bond acceptors (Lipinski definition) is 7. The number of ether oxygens (including phenoxy) is 2. The molecule has 0 bridgehead atoms. The molecule has 8 nitrogen and oxygen atoms in total. The summed E-state index contributed by atoms with van der Waals surface area (Å²) in [6.45, 7) is 1.95. The summed E-state index contributed by atoms with van der Waals surface area (Å²) in [5.41, 5.74) is 2.33. The maximum Gasteiger partial charge on any atom is 0.344 e. The number of aliphatic hydroxyl groups is 2. The van der Waals surface area contributed by atoms with E-state index < -0.39 is 18.2 Å². The molecule has 3 aromatic carbocycles. The van der Waals surface area contributed by atoms with Gasteiger partial charge in [-0.1, -0.05) is 42.8 Å². The third-order valence-corrected chi connectivity index (χ3v) is 6.52. The van der Waals surface area contributed by atoms with Crippen molar-refractivity contribution in [3.8, 4) is 17.2 Å². The molecule has 0 aliphatic heterocycles. The number of aromatic nitrogens is 1. The highest BCUT2D eigenvalue weighted by Gasteiger charge is 2.17. The first-order chi connectivity index (χ1) is 18.9. The third kappa shape index (κ3) is 7.68. The Balaban J connectivity index is 1.37. The van der Waals surface area contributed by atoms with Gasteiger partial charge in [-0.15, -0.1) is 0 Å². The van der Waals surface area contributed by atoms with Crippen LogP contribution in [0.25, 0.3) is 10.9 Å². The molecule has 9 heteroatoms. The molecule has 0 saturated carbocycles. The van der Waals surface area contributed by atoms with Crippen LogP contribution in [0, 0.1) is 0 Å². The van der Waals surface area contributed by atoms with Crippen LogP contribution in [0.15, 0.2) is 79.0 Å². The molecule has 0 aliphatic carbocycles. The molecular weight excluding hydrogens is 520 g/mol. The number of aliphatic carboxylic acids is 1. The first-order valence-electron chi connectivity index (χ1n) is 12.7. The van der Waals surface area contributed by atoms with Crippen LogP contribution in [0.2, 0.25) is 5.02 Å². The number of benzene rings is 3. The monoisotopic (exact) mass is 550 g/mol. The largest absolute Gasteiger partial charge is 0.479 e. The minimum Gasteiger partial charge on any atom is -0.479 e. The number of nitrogens with zero attached hydrogens (tertiary/aromatic N) is 1. The van der Waals surface area contributed by atoms with Gasteiger partial charge in [0.15, 0.2) is 6.10 Å². The number of carboxylic acids is 1. The Kier molecular flexibility index (Phi) is 9.73. The van der Waals surface area contributed by atoms with Gasteiger partial charge in [0.25, 0.3) is 0 Å². The number of fused-ring (bicyclic) bond motifs is 1. The zero-order valence-corrected chi connectivity index (χ0v) is 22.2. The van der Waals surface area contributed by atoms with Crippen LogP contribution >= 0.6 is 11.6 Å². The second-order valence-corrected chi connectivity index (χ2v) is 9.59. The zero-order valence-electron chi connectivity index (χ0n) is 21.5. The van der Waals surface area contributed by atoms with Crippen molar-refractivity contribution in [3.63, 3.8) is 0 Å². The van der Waals surface area contributed by atoms with Gasteiger partial charge in [0.05, 0.1) is 18.2 Å². The number of carboxylic acid groups (broad SMARTS) is 1. The molecule has 4 rings (SSSR count). The van der Waals surface area contributed by atoms with Crippen molar-refractivity contribution in [2.24, 2.45) is 0 Å². The molecule has 204 valence electrons. The van der Waals surface area contributed by atoms with Gasteiger partial charge in [-0.25, -0.2) is 4.79 Å². The van der Waals surface area contributed by atoms with Crippen LogP contribution in [0.1, 0.15) is 30.6 Å². The van der Waals surface area contributed by atoms with Crippen molar-refractivity contribution in [2.75, 3.05) is 13.2 Å². The maximum absolute atomic E-state index is 11.3. The molecule has 4 aromatic rings. The highest BCUT2D eigenvalue weighted by atomic mass is 35.5. The minimum absolute atomic E-state index is 0.0826. The summed E-state index contributed by atoms with van der Waals surface area (Å²) in [6.07, 6.45) is 0.875. The lowest BCUT2D eigenvalue weighted by atomic mass is 10.0. The van der Waals surface area contributed by atoms with E-state index >= 15 is 0 Å². The second kappa shape index (κ2) is 13.4. The summed E-state index contributed by atoms with van der Waals surface area (Å²) < 4.78 is 11.7. The number of carbonyl (C=O) groups is 1. The SMILES string of the molecule is CCC(Oc1ccc2c(Oc3ccc(C[C@@H](CO)NC[C@@H](O)c4cccc(Cl)c4)cc3)ccnc2c1)C(=O)O. The summed E-state index contributed by atoms with van der Waals surface area (Å²) >= 11 is 6.01. The van der Waals surface area contributed by atoms with E-state index in [4.69, 9.17) is 21.1 Å². The van der Waals surface area contributed by atoms with Gasteiger partial charge in [-0.3, -0.25) is 4.98 Å². The number of pyridine rings is 1. The van der Waals surface area contributed by atoms with Crippen LogP contribution in [-0.2, 0) is 11.2 Å². The van der Waals surface area contributed by atoms with E-state index in [-0.39, 0.29) is 19.2 Å². The molecule has 3 atom stereocenters. The van der Waals surface area contributed by atoms with Crippen molar-refractivity contribution in [3.05, 3.63) is 95.1 Å². The minimum atomic E-state index is -1.01. The fraction of sp³-hybridized carbons (Fsp3) is 0.267. The molecule has 0 spiro atoms. The number of hydrogen-bond donors (Lipinski definition) is 4. The predicted octanol–water partition coefficient (Wildman–Crippen LogP) is 5.15. The van der Waals surface area contributed by atoms with Crippen molar-refractivity contribution in [1.82, 2.24) is 10.3 Å².